The summed E-state index contributed by atoms with van der Waals surface area (Å²) in [5, 5.41) is 8.31. The molecule has 0 spiro atoms. The van der Waals surface area contributed by atoms with E-state index in [0.717, 1.165) is 0 Å². The van der Waals surface area contributed by atoms with Crippen molar-refractivity contribution in [2.24, 2.45) is 5.14 Å². The van der Waals surface area contributed by atoms with Crippen molar-refractivity contribution in [3.8, 4) is 5.75 Å². The van der Waals surface area contributed by atoms with Gasteiger partial charge in [-0.25, -0.2) is 13.6 Å². The standard InChI is InChI=1S/C17H19ClN2O4S/c1-11(13-6-5-7-14(10-13)25(19,22)23)20-17(21)12(2)24-16-9-4-3-8-15(16)18/h3-12H,1-2H3,(H,20,21)(H2,19,22,23). The number of carbonyl (C=O) groups is 1. The predicted molar refractivity (Wildman–Crippen MR) is 95.9 cm³/mol. The molecule has 3 N–H and O–H groups in total. The van der Waals surface area contributed by atoms with Crippen LogP contribution in [0, 0.1) is 0 Å². The normalized spacial score (nSPS) is 13.8. The number of benzene rings is 2. The molecule has 0 aliphatic rings. The molecule has 2 unspecified atom stereocenters. The highest BCUT2D eigenvalue weighted by molar-refractivity contribution is 7.89. The van der Waals surface area contributed by atoms with Crippen molar-refractivity contribution >= 4 is 27.5 Å². The van der Waals surface area contributed by atoms with Crippen molar-refractivity contribution in [3.63, 3.8) is 0 Å². The number of ether oxygens (including phenoxy) is 1. The van der Waals surface area contributed by atoms with Crippen LogP contribution in [0.5, 0.6) is 5.75 Å². The number of halogens is 1. The molecule has 2 rings (SSSR count). The molecule has 0 saturated heterocycles. The Balaban J connectivity index is 2.06. The molecule has 25 heavy (non-hydrogen) atoms. The number of carbonyl (C=O) groups excluding carboxylic acids is 1. The number of amides is 1. The summed E-state index contributed by atoms with van der Waals surface area (Å²) in [6, 6.07) is 12.5. The van der Waals surface area contributed by atoms with Crippen LogP contribution in [0.3, 0.4) is 0 Å². The van der Waals surface area contributed by atoms with Crippen LogP contribution in [0.15, 0.2) is 53.4 Å². The molecular formula is C17H19ClN2O4S. The Kier molecular flexibility index (Phi) is 6.05. The third kappa shape index (κ3) is 5.19. The molecule has 0 heterocycles. The van der Waals surface area contributed by atoms with Crippen molar-refractivity contribution < 1.29 is 17.9 Å². The van der Waals surface area contributed by atoms with Crippen LogP contribution >= 0.6 is 11.6 Å². The minimum atomic E-state index is -3.80. The Morgan fingerprint density at radius 2 is 1.84 bits per heavy atom. The molecule has 134 valence electrons. The average molecular weight is 383 g/mol. The zero-order valence-electron chi connectivity index (χ0n) is 13.8. The first-order valence-electron chi connectivity index (χ1n) is 7.53. The second-order valence-electron chi connectivity index (χ2n) is 5.54. The van der Waals surface area contributed by atoms with E-state index in [1.165, 1.54) is 12.1 Å². The van der Waals surface area contributed by atoms with E-state index >= 15 is 0 Å². The van der Waals surface area contributed by atoms with Gasteiger partial charge in [0.1, 0.15) is 5.75 Å². The molecule has 0 fully saturated rings. The maximum atomic E-state index is 12.3. The molecule has 1 amide bonds. The van der Waals surface area contributed by atoms with Crippen molar-refractivity contribution in [1.29, 1.82) is 0 Å². The van der Waals surface area contributed by atoms with Crippen LogP contribution < -0.4 is 15.2 Å². The fraction of sp³-hybridized carbons (Fsp3) is 0.235. The molecule has 0 aliphatic heterocycles. The molecule has 2 atom stereocenters. The first kappa shape index (κ1) is 19.2. The highest BCUT2D eigenvalue weighted by Gasteiger charge is 2.19. The summed E-state index contributed by atoms with van der Waals surface area (Å²) in [4.78, 5) is 12.3. The highest BCUT2D eigenvalue weighted by atomic mass is 35.5. The van der Waals surface area contributed by atoms with Crippen LogP contribution in [-0.2, 0) is 14.8 Å². The minimum Gasteiger partial charge on any atom is -0.479 e. The van der Waals surface area contributed by atoms with E-state index in [9.17, 15) is 13.2 Å². The summed E-state index contributed by atoms with van der Waals surface area (Å²) in [6.45, 7) is 3.34. The Hall–Kier alpha value is -2.09. The topological polar surface area (TPSA) is 98.5 Å². The van der Waals surface area contributed by atoms with Gasteiger partial charge >= 0.3 is 0 Å². The minimum absolute atomic E-state index is 0.00790. The maximum Gasteiger partial charge on any atom is 0.261 e. The monoisotopic (exact) mass is 382 g/mol. The van der Waals surface area contributed by atoms with E-state index in [2.05, 4.69) is 5.32 Å². The molecule has 2 aromatic carbocycles. The van der Waals surface area contributed by atoms with Gasteiger partial charge in [0.2, 0.25) is 10.0 Å². The second-order valence-corrected chi connectivity index (χ2v) is 7.51. The molecule has 0 aliphatic carbocycles. The largest absolute Gasteiger partial charge is 0.479 e. The molecule has 8 heteroatoms. The lowest BCUT2D eigenvalue weighted by molar-refractivity contribution is -0.127. The van der Waals surface area contributed by atoms with E-state index in [1.807, 2.05) is 0 Å². The van der Waals surface area contributed by atoms with Gasteiger partial charge in [-0.15, -0.1) is 0 Å². The van der Waals surface area contributed by atoms with Crippen molar-refractivity contribution in [2.45, 2.75) is 30.9 Å². The van der Waals surface area contributed by atoms with Crippen LogP contribution in [0.1, 0.15) is 25.5 Å². The van der Waals surface area contributed by atoms with Gasteiger partial charge in [-0.1, -0.05) is 35.9 Å². The summed E-state index contributed by atoms with van der Waals surface area (Å²) >= 11 is 6.01. The second kappa shape index (κ2) is 7.86. The van der Waals surface area contributed by atoms with E-state index in [1.54, 1.807) is 50.2 Å². The molecule has 0 radical (unpaired) electrons. The lowest BCUT2D eigenvalue weighted by Crippen LogP contribution is -2.37. The Bertz CT molecular complexity index is 870. The van der Waals surface area contributed by atoms with Crippen LogP contribution in [0.4, 0.5) is 0 Å². The summed E-state index contributed by atoms with van der Waals surface area (Å²) in [7, 11) is -3.80. The SMILES string of the molecule is CC(Oc1ccccc1Cl)C(=O)NC(C)c1cccc(S(N)(=O)=O)c1. The van der Waals surface area contributed by atoms with Crippen molar-refractivity contribution in [3.05, 3.63) is 59.1 Å². The average Bonchev–Trinajstić information content (AvgIpc) is 2.56. The van der Waals surface area contributed by atoms with Crippen molar-refractivity contribution in [1.82, 2.24) is 5.32 Å². The van der Waals surface area contributed by atoms with Gasteiger partial charge in [0.25, 0.3) is 5.91 Å². The van der Waals surface area contributed by atoms with E-state index in [0.29, 0.717) is 16.3 Å². The first-order valence-corrected chi connectivity index (χ1v) is 9.45. The first-order chi connectivity index (χ1) is 11.7. The third-order valence-electron chi connectivity index (χ3n) is 3.56. The zero-order valence-corrected chi connectivity index (χ0v) is 15.3. The van der Waals surface area contributed by atoms with Crippen LogP contribution in [0.2, 0.25) is 5.02 Å². The maximum absolute atomic E-state index is 12.3. The Morgan fingerprint density at radius 1 is 1.16 bits per heavy atom. The zero-order chi connectivity index (χ0) is 18.6. The third-order valence-corrected chi connectivity index (χ3v) is 4.78. The van der Waals surface area contributed by atoms with Crippen LogP contribution in [0.25, 0.3) is 0 Å². The number of hydrogen-bond acceptors (Lipinski definition) is 4. The predicted octanol–water partition coefficient (Wildman–Crippen LogP) is 2.63. The number of hydrogen-bond donors (Lipinski definition) is 2. The van der Waals surface area contributed by atoms with E-state index in [-0.39, 0.29) is 10.8 Å². The fourth-order valence-corrected chi connectivity index (χ4v) is 2.91. The van der Waals surface area contributed by atoms with Gasteiger partial charge in [0, 0.05) is 0 Å². The smallest absolute Gasteiger partial charge is 0.261 e. The van der Waals surface area contributed by atoms with Crippen LogP contribution in [-0.4, -0.2) is 20.4 Å². The van der Waals surface area contributed by atoms with Gasteiger partial charge in [0.15, 0.2) is 6.10 Å². The molecule has 0 aromatic heterocycles. The highest BCUT2D eigenvalue weighted by Crippen LogP contribution is 2.24. The van der Waals surface area contributed by atoms with Gasteiger partial charge in [-0.2, -0.15) is 0 Å². The summed E-state index contributed by atoms with van der Waals surface area (Å²) in [5.74, 6) is 0.0594. The number of primary sulfonamides is 1. The summed E-state index contributed by atoms with van der Waals surface area (Å²) < 4.78 is 28.4. The lowest BCUT2D eigenvalue weighted by atomic mass is 10.1. The number of nitrogens with two attached hydrogens (primary N) is 1. The molecular weight excluding hydrogens is 364 g/mol. The number of nitrogens with one attached hydrogen (secondary N) is 1. The Morgan fingerprint density at radius 3 is 2.48 bits per heavy atom. The number of sulfonamides is 1. The van der Waals surface area contributed by atoms with E-state index in [4.69, 9.17) is 21.5 Å². The van der Waals surface area contributed by atoms with Gasteiger partial charge in [0.05, 0.1) is 16.0 Å². The Labute approximate surface area is 152 Å². The molecule has 2 aromatic rings. The van der Waals surface area contributed by atoms with Gasteiger partial charge < -0.3 is 10.1 Å². The van der Waals surface area contributed by atoms with Crippen molar-refractivity contribution in [2.75, 3.05) is 0 Å². The summed E-state index contributed by atoms with van der Waals surface area (Å²) in [5.41, 5.74) is 0.616. The molecule has 0 saturated carbocycles. The lowest BCUT2D eigenvalue weighted by Gasteiger charge is -2.19. The van der Waals surface area contributed by atoms with E-state index < -0.39 is 22.2 Å². The molecule has 6 nitrogen and oxygen atoms in total. The number of para-hydroxylation sites is 1. The molecule has 0 bridgehead atoms. The fourth-order valence-electron chi connectivity index (χ4n) is 2.16. The van der Waals surface area contributed by atoms with Gasteiger partial charge in [-0.3, -0.25) is 4.79 Å². The quantitative estimate of drug-likeness (QED) is 0.802. The summed E-state index contributed by atoms with van der Waals surface area (Å²) in [6.07, 6.45) is -0.774. The van der Waals surface area contributed by atoms with Gasteiger partial charge in [-0.05, 0) is 43.7 Å². The number of rotatable bonds is 6.